The summed E-state index contributed by atoms with van der Waals surface area (Å²) in [4.78, 5) is 21.8. The zero-order chi connectivity index (χ0) is 22.1. The molecule has 0 saturated carbocycles. The Morgan fingerprint density at radius 1 is 1.27 bits per heavy atom. The van der Waals surface area contributed by atoms with Crippen molar-refractivity contribution in [2.75, 3.05) is 30.4 Å². The maximum atomic E-state index is 12.9. The predicted molar refractivity (Wildman–Crippen MR) is 103 cm³/mol. The van der Waals surface area contributed by atoms with Gasteiger partial charge in [0.25, 0.3) is 15.7 Å². The Hall–Kier alpha value is -2.60. The average molecular weight is 465 g/mol. The summed E-state index contributed by atoms with van der Waals surface area (Å²) in [6.45, 7) is 1.43. The van der Waals surface area contributed by atoms with Crippen LogP contribution >= 0.6 is 11.6 Å². The molecule has 1 aromatic heterocycles. The number of nitrogens with one attached hydrogen (secondary N) is 1. The van der Waals surface area contributed by atoms with Gasteiger partial charge in [-0.1, -0.05) is 11.6 Å². The molecule has 1 amide bonds. The van der Waals surface area contributed by atoms with Crippen LogP contribution < -0.4 is 15.0 Å². The van der Waals surface area contributed by atoms with E-state index in [0.717, 1.165) is 25.0 Å². The van der Waals surface area contributed by atoms with Crippen LogP contribution in [0, 0.1) is 0 Å². The molecule has 3 rings (SSSR count). The molecule has 0 atom stereocenters. The number of carbonyl (C=O) groups excluding carboxylic acids is 1. The molecular weight excluding hydrogens is 449 g/mol. The molecule has 30 heavy (non-hydrogen) atoms. The van der Waals surface area contributed by atoms with Gasteiger partial charge in [-0.2, -0.15) is 13.2 Å². The summed E-state index contributed by atoms with van der Waals surface area (Å²) in [5.41, 5.74) is -5.99. The van der Waals surface area contributed by atoms with Gasteiger partial charge in [-0.3, -0.25) is 4.79 Å². The maximum absolute atomic E-state index is 12.9. The minimum absolute atomic E-state index is 0.0468. The second-order valence-corrected chi connectivity index (χ2v) is 8.67. The highest BCUT2D eigenvalue weighted by Gasteiger charge is 2.47. The molecule has 1 fully saturated rings. The average Bonchev–Trinajstić information content (AvgIpc) is 3.22. The van der Waals surface area contributed by atoms with E-state index in [-0.39, 0.29) is 22.2 Å². The summed E-state index contributed by atoms with van der Waals surface area (Å²) in [6, 6.07) is 2.40. The Kier molecular flexibility index (Phi) is 6.09. The highest BCUT2D eigenvalue weighted by molar-refractivity contribution is 7.92. The number of hydrogen-bond donors (Lipinski definition) is 1. The van der Waals surface area contributed by atoms with Crippen molar-refractivity contribution in [3.63, 3.8) is 0 Å². The summed E-state index contributed by atoms with van der Waals surface area (Å²) in [7, 11) is -4.40. The number of hydrogen-bond acceptors (Lipinski definition) is 7. The number of halogens is 4. The molecule has 1 N–H and O–H groups in total. The smallest absolute Gasteiger partial charge is 0.495 e. The Morgan fingerprint density at radius 3 is 2.53 bits per heavy atom. The summed E-state index contributed by atoms with van der Waals surface area (Å²) in [5, 5.41) is 2.24. The summed E-state index contributed by atoms with van der Waals surface area (Å²) in [5.74, 6) is -0.612. The third-order valence-electron chi connectivity index (χ3n) is 4.37. The molecule has 1 aliphatic heterocycles. The number of benzene rings is 1. The van der Waals surface area contributed by atoms with E-state index in [9.17, 15) is 26.4 Å². The number of alkyl halides is 3. The fraction of sp³-hybridized carbons (Fsp3) is 0.353. The topological polar surface area (TPSA) is 101 Å². The quantitative estimate of drug-likeness (QED) is 0.724. The molecule has 2 aromatic rings. The molecule has 0 aliphatic carbocycles. The van der Waals surface area contributed by atoms with Crippen LogP contribution in [0.25, 0.3) is 0 Å². The van der Waals surface area contributed by atoms with E-state index < -0.39 is 26.1 Å². The van der Waals surface area contributed by atoms with Gasteiger partial charge in [0.15, 0.2) is 5.69 Å². The molecule has 1 aliphatic rings. The number of nitrogens with zero attached hydrogens (tertiary/aromatic N) is 3. The van der Waals surface area contributed by atoms with Crippen molar-refractivity contribution in [2.24, 2.45) is 0 Å². The van der Waals surface area contributed by atoms with Crippen molar-refractivity contribution in [3.05, 3.63) is 35.1 Å². The molecule has 1 aromatic carbocycles. The number of carbonyl (C=O) groups is 1. The molecule has 162 valence electrons. The summed E-state index contributed by atoms with van der Waals surface area (Å²) in [6.07, 6.45) is 3.15. The van der Waals surface area contributed by atoms with Crippen LogP contribution in [-0.2, 0) is 9.84 Å². The van der Waals surface area contributed by atoms with Gasteiger partial charge in [-0.15, -0.1) is 0 Å². The summed E-state index contributed by atoms with van der Waals surface area (Å²) >= 11 is 6.02. The molecule has 0 unspecified atom stereocenters. The number of sulfone groups is 1. The van der Waals surface area contributed by atoms with Gasteiger partial charge in [-0.25, -0.2) is 18.4 Å². The number of amides is 1. The van der Waals surface area contributed by atoms with Gasteiger partial charge < -0.3 is 15.0 Å². The van der Waals surface area contributed by atoms with Crippen molar-refractivity contribution in [2.45, 2.75) is 23.2 Å². The molecule has 0 radical (unpaired) electrons. The first-order valence-corrected chi connectivity index (χ1v) is 10.5. The highest BCUT2D eigenvalue weighted by atomic mass is 35.5. The molecule has 0 spiro atoms. The Labute approximate surface area is 174 Å². The molecular formula is C17H16ClF3N4O4S. The van der Waals surface area contributed by atoms with E-state index in [0.29, 0.717) is 25.1 Å². The van der Waals surface area contributed by atoms with Crippen LogP contribution in [0.2, 0.25) is 5.02 Å². The summed E-state index contributed by atoms with van der Waals surface area (Å²) < 4.78 is 66.9. The molecule has 1 saturated heterocycles. The van der Waals surface area contributed by atoms with Gasteiger partial charge in [0.1, 0.15) is 5.75 Å². The van der Waals surface area contributed by atoms with Crippen LogP contribution in [0.4, 0.5) is 24.8 Å². The fourth-order valence-corrected chi connectivity index (χ4v) is 3.82. The standard InChI is InChI=1S/C17H16ClF3N4O4S/c1-29-13-5-4-10(30(27,28)17(19,20)21)8-12(13)23-15(26)14-11(18)9-22-16(24-14)25-6-2-3-7-25/h4-5,8-9H,2-3,6-7H2,1H3,(H,23,26). The number of anilines is 2. The van der Waals surface area contributed by atoms with Gasteiger partial charge in [0.2, 0.25) is 5.95 Å². The predicted octanol–water partition coefficient (Wildman–Crippen LogP) is 3.28. The van der Waals surface area contributed by atoms with E-state index >= 15 is 0 Å². The zero-order valence-electron chi connectivity index (χ0n) is 15.5. The minimum atomic E-state index is -5.62. The normalized spacial score (nSPS) is 14.6. The largest absolute Gasteiger partial charge is 0.501 e. The lowest BCUT2D eigenvalue weighted by atomic mass is 10.2. The Bertz CT molecular complexity index is 1070. The van der Waals surface area contributed by atoms with E-state index in [2.05, 4.69) is 15.3 Å². The number of ether oxygens (including phenoxy) is 1. The maximum Gasteiger partial charge on any atom is 0.501 e. The lowest BCUT2D eigenvalue weighted by Crippen LogP contribution is -2.24. The monoisotopic (exact) mass is 464 g/mol. The third-order valence-corrected chi connectivity index (χ3v) is 6.13. The lowest BCUT2D eigenvalue weighted by Gasteiger charge is -2.16. The van der Waals surface area contributed by atoms with Crippen molar-refractivity contribution in [3.8, 4) is 5.75 Å². The van der Waals surface area contributed by atoms with Gasteiger partial charge >= 0.3 is 5.51 Å². The SMILES string of the molecule is COc1ccc(S(=O)(=O)C(F)(F)F)cc1NC(=O)c1nc(N2CCCC2)ncc1Cl. The second kappa shape index (κ2) is 8.26. The Morgan fingerprint density at radius 2 is 1.93 bits per heavy atom. The van der Waals surface area contributed by atoms with Crippen molar-refractivity contribution in [1.82, 2.24) is 9.97 Å². The van der Waals surface area contributed by atoms with Gasteiger partial charge in [0.05, 0.1) is 28.9 Å². The van der Waals surface area contributed by atoms with Crippen LogP contribution in [-0.4, -0.2) is 50.0 Å². The second-order valence-electron chi connectivity index (χ2n) is 6.33. The first-order valence-electron chi connectivity index (χ1n) is 8.63. The molecule has 0 bridgehead atoms. The lowest BCUT2D eigenvalue weighted by molar-refractivity contribution is -0.0436. The van der Waals surface area contributed by atoms with Crippen molar-refractivity contribution >= 4 is 39.0 Å². The number of aromatic nitrogens is 2. The van der Waals surface area contributed by atoms with Gasteiger partial charge in [-0.05, 0) is 31.0 Å². The van der Waals surface area contributed by atoms with Crippen molar-refractivity contribution < 1.29 is 31.1 Å². The fourth-order valence-electron chi connectivity index (χ4n) is 2.85. The van der Waals surface area contributed by atoms with Crippen LogP contribution in [0.3, 0.4) is 0 Å². The molecule has 13 heteroatoms. The number of rotatable bonds is 5. The first kappa shape index (κ1) is 22.1. The number of methoxy groups -OCH3 is 1. The van der Waals surface area contributed by atoms with E-state index in [1.54, 1.807) is 0 Å². The van der Waals surface area contributed by atoms with Crippen LogP contribution in [0.5, 0.6) is 5.75 Å². The minimum Gasteiger partial charge on any atom is -0.495 e. The third kappa shape index (κ3) is 4.29. The Balaban J connectivity index is 1.95. The van der Waals surface area contributed by atoms with Crippen LogP contribution in [0.1, 0.15) is 23.3 Å². The van der Waals surface area contributed by atoms with Gasteiger partial charge in [0, 0.05) is 13.1 Å². The molecule has 2 heterocycles. The van der Waals surface area contributed by atoms with Crippen LogP contribution in [0.15, 0.2) is 29.3 Å². The zero-order valence-corrected chi connectivity index (χ0v) is 17.1. The first-order chi connectivity index (χ1) is 14.0. The van der Waals surface area contributed by atoms with E-state index in [1.165, 1.54) is 13.3 Å². The van der Waals surface area contributed by atoms with E-state index in [1.807, 2.05) is 4.90 Å². The van der Waals surface area contributed by atoms with E-state index in [4.69, 9.17) is 16.3 Å². The molecule has 8 nitrogen and oxygen atoms in total. The van der Waals surface area contributed by atoms with Crippen molar-refractivity contribution in [1.29, 1.82) is 0 Å². The highest BCUT2D eigenvalue weighted by Crippen LogP contribution is 2.35.